The van der Waals surface area contributed by atoms with Crippen LogP contribution in [0.15, 0.2) is 36.5 Å². The molecule has 1 aromatic carbocycles. The number of aliphatic hydroxyl groups is 1. The van der Waals surface area contributed by atoms with Gasteiger partial charge in [0.1, 0.15) is 11.6 Å². The summed E-state index contributed by atoms with van der Waals surface area (Å²) in [6.07, 6.45) is 1.56. The molecule has 0 bridgehead atoms. The first-order valence-corrected chi connectivity index (χ1v) is 5.19. The van der Waals surface area contributed by atoms with Crippen LogP contribution in [-0.2, 0) is 6.61 Å². The highest BCUT2D eigenvalue weighted by atomic mass is 19.1. The van der Waals surface area contributed by atoms with Gasteiger partial charge in [0.05, 0.1) is 6.61 Å². The van der Waals surface area contributed by atoms with Crippen LogP contribution in [0, 0.1) is 12.7 Å². The van der Waals surface area contributed by atoms with E-state index >= 15 is 0 Å². The molecule has 0 aliphatic carbocycles. The maximum atomic E-state index is 12.9. The molecule has 0 amide bonds. The first kappa shape index (κ1) is 11.5. The first-order valence-electron chi connectivity index (χ1n) is 5.19. The standard InChI is InChI=1S/C13H12FNO2/c1-9-6-11(14)2-3-12(9)17-13-7-10(8-16)4-5-15-13/h2-7,16H,8H2,1H3. The first-order chi connectivity index (χ1) is 8.19. The van der Waals surface area contributed by atoms with E-state index in [1.54, 1.807) is 31.3 Å². The predicted octanol–water partition coefficient (Wildman–Crippen LogP) is 2.81. The highest BCUT2D eigenvalue weighted by Crippen LogP contribution is 2.24. The van der Waals surface area contributed by atoms with Crippen LogP contribution in [0.3, 0.4) is 0 Å². The highest BCUT2D eigenvalue weighted by molar-refractivity contribution is 5.36. The van der Waals surface area contributed by atoms with Crippen LogP contribution in [0.1, 0.15) is 11.1 Å². The SMILES string of the molecule is Cc1cc(F)ccc1Oc1cc(CO)ccn1. The Balaban J connectivity index is 2.25. The zero-order valence-corrected chi connectivity index (χ0v) is 9.35. The van der Waals surface area contributed by atoms with Gasteiger partial charge >= 0.3 is 0 Å². The van der Waals surface area contributed by atoms with Gasteiger partial charge in [-0.05, 0) is 42.3 Å². The van der Waals surface area contributed by atoms with Crippen LogP contribution in [0.2, 0.25) is 0 Å². The van der Waals surface area contributed by atoms with Gasteiger partial charge in [-0.3, -0.25) is 0 Å². The molecule has 2 aromatic rings. The predicted molar refractivity (Wildman–Crippen MR) is 61.4 cm³/mol. The van der Waals surface area contributed by atoms with Crippen molar-refractivity contribution in [1.29, 1.82) is 0 Å². The molecule has 0 radical (unpaired) electrons. The van der Waals surface area contributed by atoms with E-state index in [1.165, 1.54) is 12.1 Å². The monoisotopic (exact) mass is 233 g/mol. The molecule has 1 N–H and O–H groups in total. The molecule has 1 heterocycles. The lowest BCUT2D eigenvalue weighted by Crippen LogP contribution is -1.92. The lowest BCUT2D eigenvalue weighted by Gasteiger charge is -2.08. The molecule has 0 saturated heterocycles. The highest BCUT2D eigenvalue weighted by Gasteiger charge is 2.04. The van der Waals surface area contributed by atoms with Gasteiger partial charge in [-0.15, -0.1) is 0 Å². The van der Waals surface area contributed by atoms with Crippen molar-refractivity contribution >= 4 is 0 Å². The number of hydrogen-bond acceptors (Lipinski definition) is 3. The van der Waals surface area contributed by atoms with Crippen molar-refractivity contribution in [2.24, 2.45) is 0 Å². The molecule has 0 saturated carbocycles. The van der Waals surface area contributed by atoms with Crippen molar-refractivity contribution in [3.05, 3.63) is 53.5 Å². The van der Waals surface area contributed by atoms with Gasteiger partial charge < -0.3 is 9.84 Å². The molecule has 0 atom stereocenters. The normalized spacial score (nSPS) is 10.3. The van der Waals surface area contributed by atoms with Gasteiger partial charge in [0.2, 0.25) is 5.88 Å². The molecule has 0 spiro atoms. The van der Waals surface area contributed by atoms with E-state index in [9.17, 15) is 4.39 Å². The summed E-state index contributed by atoms with van der Waals surface area (Å²) < 4.78 is 18.4. The fraction of sp³-hybridized carbons (Fsp3) is 0.154. The van der Waals surface area contributed by atoms with Crippen LogP contribution in [-0.4, -0.2) is 10.1 Å². The Hall–Kier alpha value is -1.94. The zero-order chi connectivity index (χ0) is 12.3. The summed E-state index contributed by atoms with van der Waals surface area (Å²) in [5.74, 6) is 0.632. The van der Waals surface area contributed by atoms with E-state index in [0.717, 1.165) is 5.56 Å². The van der Waals surface area contributed by atoms with E-state index in [1.807, 2.05) is 0 Å². The van der Waals surface area contributed by atoms with Gasteiger partial charge in [-0.2, -0.15) is 0 Å². The Morgan fingerprint density at radius 1 is 1.29 bits per heavy atom. The summed E-state index contributed by atoms with van der Waals surface area (Å²) in [7, 11) is 0. The Labute approximate surface area is 98.5 Å². The topological polar surface area (TPSA) is 42.4 Å². The number of aryl methyl sites for hydroxylation is 1. The minimum absolute atomic E-state index is 0.0682. The number of nitrogens with zero attached hydrogens (tertiary/aromatic N) is 1. The summed E-state index contributed by atoms with van der Waals surface area (Å²) in [4.78, 5) is 4.02. The zero-order valence-electron chi connectivity index (χ0n) is 9.35. The van der Waals surface area contributed by atoms with E-state index in [0.29, 0.717) is 17.2 Å². The number of halogens is 1. The number of benzene rings is 1. The van der Waals surface area contributed by atoms with E-state index in [2.05, 4.69) is 4.98 Å². The van der Waals surface area contributed by atoms with Crippen LogP contribution < -0.4 is 4.74 Å². The Morgan fingerprint density at radius 2 is 2.12 bits per heavy atom. The lowest BCUT2D eigenvalue weighted by atomic mass is 10.2. The number of pyridine rings is 1. The van der Waals surface area contributed by atoms with Crippen molar-refractivity contribution in [1.82, 2.24) is 4.98 Å². The number of hydrogen-bond donors (Lipinski definition) is 1. The summed E-state index contributed by atoms with van der Waals surface area (Å²) in [5.41, 5.74) is 1.41. The number of rotatable bonds is 3. The quantitative estimate of drug-likeness (QED) is 0.886. The third-order valence-corrected chi connectivity index (χ3v) is 2.33. The van der Waals surface area contributed by atoms with Crippen molar-refractivity contribution in [2.75, 3.05) is 0 Å². The molecule has 3 nitrogen and oxygen atoms in total. The van der Waals surface area contributed by atoms with Gasteiger partial charge in [0, 0.05) is 12.3 Å². The van der Waals surface area contributed by atoms with Crippen LogP contribution >= 0.6 is 0 Å². The Morgan fingerprint density at radius 3 is 2.82 bits per heavy atom. The van der Waals surface area contributed by atoms with Gasteiger partial charge in [-0.25, -0.2) is 9.37 Å². The van der Waals surface area contributed by atoms with E-state index < -0.39 is 0 Å². The van der Waals surface area contributed by atoms with Crippen LogP contribution in [0.5, 0.6) is 11.6 Å². The summed E-state index contributed by atoms with van der Waals surface area (Å²) >= 11 is 0. The molecular weight excluding hydrogens is 221 g/mol. The summed E-state index contributed by atoms with van der Waals surface area (Å²) in [6.45, 7) is 1.69. The molecule has 88 valence electrons. The molecule has 17 heavy (non-hydrogen) atoms. The molecule has 4 heteroatoms. The van der Waals surface area contributed by atoms with Crippen LogP contribution in [0.4, 0.5) is 4.39 Å². The fourth-order valence-electron chi connectivity index (χ4n) is 1.44. The second-order valence-electron chi connectivity index (χ2n) is 3.67. The van der Waals surface area contributed by atoms with Crippen LogP contribution in [0.25, 0.3) is 0 Å². The Bertz CT molecular complexity index is 529. The van der Waals surface area contributed by atoms with Crippen molar-refractivity contribution < 1.29 is 14.2 Å². The number of aromatic nitrogens is 1. The van der Waals surface area contributed by atoms with Gasteiger partial charge in [0.25, 0.3) is 0 Å². The van der Waals surface area contributed by atoms with Crippen molar-refractivity contribution in [2.45, 2.75) is 13.5 Å². The maximum Gasteiger partial charge on any atom is 0.219 e. The fourth-order valence-corrected chi connectivity index (χ4v) is 1.44. The third-order valence-electron chi connectivity index (χ3n) is 2.33. The smallest absolute Gasteiger partial charge is 0.219 e. The maximum absolute atomic E-state index is 12.9. The molecule has 0 aliphatic rings. The largest absolute Gasteiger partial charge is 0.439 e. The summed E-state index contributed by atoms with van der Waals surface area (Å²) in [6, 6.07) is 7.62. The second-order valence-corrected chi connectivity index (χ2v) is 3.67. The average Bonchev–Trinajstić information content (AvgIpc) is 2.33. The molecular formula is C13H12FNO2. The minimum Gasteiger partial charge on any atom is -0.439 e. The van der Waals surface area contributed by atoms with E-state index in [-0.39, 0.29) is 12.4 Å². The van der Waals surface area contributed by atoms with Crippen molar-refractivity contribution in [3.63, 3.8) is 0 Å². The third kappa shape index (κ3) is 2.79. The minimum atomic E-state index is -0.299. The van der Waals surface area contributed by atoms with E-state index in [4.69, 9.17) is 9.84 Å². The van der Waals surface area contributed by atoms with Crippen molar-refractivity contribution in [3.8, 4) is 11.6 Å². The molecule has 1 aromatic heterocycles. The lowest BCUT2D eigenvalue weighted by molar-refractivity contribution is 0.281. The summed E-state index contributed by atoms with van der Waals surface area (Å²) in [5, 5.41) is 8.99. The average molecular weight is 233 g/mol. The number of aliphatic hydroxyl groups excluding tert-OH is 1. The molecule has 0 fully saturated rings. The molecule has 0 unspecified atom stereocenters. The Kier molecular flexibility index (Phi) is 3.35. The van der Waals surface area contributed by atoms with Gasteiger partial charge in [0.15, 0.2) is 0 Å². The number of ether oxygens (including phenoxy) is 1. The van der Waals surface area contributed by atoms with Gasteiger partial charge in [-0.1, -0.05) is 0 Å². The second kappa shape index (κ2) is 4.93. The molecule has 2 rings (SSSR count). The molecule has 0 aliphatic heterocycles.